The van der Waals surface area contributed by atoms with Gasteiger partial charge in [0.15, 0.2) is 0 Å². The zero-order valence-corrected chi connectivity index (χ0v) is 13.1. The second kappa shape index (κ2) is 9.89. The molecule has 0 bridgehead atoms. The Morgan fingerprint density at radius 3 is 2.16 bits per heavy atom. The van der Waals surface area contributed by atoms with Gasteiger partial charge in [0.05, 0.1) is 0 Å². The molecule has 0 heterocycles. The normalized spacial score (nSPS) is 10.7. The molecule has 0 aliphatic heterocycles. The van der Waals surface area contributed by atoms with Crippen LogP contribution in [0.2, 0.25) is 0 Å². The summed E-state index contributed by atoms with van der Waals surface area (Å²) in [6.07, 6.45) is 11.1. The molecule has 1 rings (SSSR count). The van der Waals surface area contributed by atoms with Gasteiger partial charge in [0, 0.05) is 12.2 Å². The third-order valence-electron chi connectivity index (χ3n) is 3.95. The zero-order chi connectivity index (χ0) is 13.9. The number of unbranched alkanes of at least 4 members (excludes halogenated alkanes) is 7. The Balaban J connectivity index is 2.03. The molecule has 0 aromatic heterocycles. The Morgan fingerprint density at radius 1 is 0.842 bits per heavy atom. The van der Waals surface area contributed by atoms with Crippen molar-refractivity contribution in [3.05, 3.63) is 29.3 Å². The number of hydrogen-bond donors (Lipinski definition) is 1. The average Bonchev–Trinajstić information content (AvgIpc) is 2.41. The van der Waals surface area contributed by atoms with Gasteiger partial charge in [-0.25, -0.2) is 0 Å². The Bertz CT molecular complexity index is 344. The number of nitrogens with one attached hydrogen (secondary N) is 1. The molecular formula is C18H31N. The van der Waals surface area contributed by atoms with Crippen molar-refractivity contribution in [3.63, 3.8) is 0 Å². The summed E-state index contributed by atoms with van der Waals surface area (Å²) in [6.45, 7) is 7.76. The highest BCUT2D eigenvalue weighted by atomic mass is 14.9. The van der Waals surface area contributed by atoms with Crippen molar-refractivity contribution in [2.75, 3.05) is 11.9 Å². The summed E-state index contributed by atoms with van der Waals surface area (Å²) in [5, 5.41) is 3.56. The van der Waals surface area contributed by atoms with Crippen LogP contribution in [0.25, 0.3) is 0 Å². The highest BCUT2D eigenvalue weighted by molar-refractivity contribution is 5.53. The minimum Gasteiger partial charge on any atom is -0.385 e. The first-order valence-corrected chi connectivity index (χ1v) is 8.05. The standard InChI is InChI=1S/C18H31N/c1-4-5-6-7-8-9-10-11-15-19-18-14-12-13-16(2)17(18)3/h12-14,19H,4-11,15H2,1-3H3. The van der Waals surface area contributed by atoms with Gasteiger partial charge in [0.1, 0.15) is 0 Å². The Hall–Kier alpha value is -0.980. The first-order valence-electron chi connectivity index (χ1n) is 8.05. The summed E-state index contributed by atoms with van der Waals surface area (Å²) in [4.78, 5) is 0. The van der Waals surface area contributed by atoms with Crippen molar-refractivity contribution >= 4 is 5.69 Å². The first-order chi connectivity index (χ1) is 9.25. The Kier molecular flexibility index (Phi) is 8.36. The SMILES string of the molecule is CCCCCCCCCCNc1cccc(C)c1C. The molecule has 0 radical (unpaired) electrons. The van der Waals surface area contributed by atoms with Crippen LogP contribution in [0.3, 0.4) is 0 Å². The van der Waals surface area contributed by atoms with Crippen LogP contribution in [0.1, 0.15) is 69.4 Å². The fourth-order valence-corrected chi connectivity index (χ4v) is 2.42. The molecule has 0 fully saturated rings. The summed E-state index contributed by atoms with van der Waals surface area (Å²) in [6, 6.07) is 6.50. The van der Waals surface area contributed by atoms with E-state index in [4.69, 9.17) is 0 Å². The maximum atomic E-state index is 3.56. The van der Waals surface area contributed by atoms with Crippen LogP contribution in [-0.4, -0.2) is 6.54 Å². The topological polar surface area (TPSA) is 12.0 Å². The largest absolute Gasteiger partial charge is 0.385 e. The summed E-state index contributed by atoms with van der Waals surface area (Å²) in [7, 11) is 0. The van der Waals surface area contributed by atoms with Gasteiger partial charge < -0.3 is 5.32 Å². The number of rotatable bonds is 10. The second-order valence-electron chi connectivity index (χ2n) is 5.65. The fraction of sp³-hybridized carbons (Fsp3) is 0.667. The van der Waals surface area contributed by atoms with E-state index in [0.29, 0.717) is 0 Å². The molecule has 19 heavy (non-hydrogen) atoms. The predicted molar refractivity (Wildman–Crippen MR) is 87.0 cm³/mol. The zero-order valence-electron chi connectivity index (χ0n) is 13.1. The lowest BCUT2D eigenvalue weighted by molar-refractivity contribution is 0.581. The average molecular weight is 261 g/mol. The molecular weight excluding hydrogens is 230 g/mol. The van der Waals surface area contributed by atoms with E-state index in [1.54, 1.807) is 0 Å². The van der Waals surface area contributed by atoms with Crippen LogP contribution in [0, 0.1) is 13.8 Å². The predicted octanol–water partition coefficient (Wildman–Crippen LogP) is 5.86. The van der Waals surface area contributed by atoms with Crippen LogP contribution in [-0.2, 0) is 0 Å². The van der Waals surface area contributed by atoms with E-state index in [0.717, 1.165) is 6.54 Å². The van der Waals surface area contributed by atoms with Gasteiger partial charge in [0.2, 0.25) is 0 Å². The molecule has 0 saturated heterocycles. The maximum absolute atomic E-state index is 3.56. The van der Waals surface area contributed by atoms with E-state index in [1.165, 1.54) is 68.2 Å². The van der Waals surface area contributed by atoms with Crippen LogP contribution in [0.5, 0.6) is 0 Å². The molecule has 1 N–H and O–H groups in total. The van der Waals surface area contributed by atoms with Gasteiger partial charge in [-0.3, -0.25) is 0 Å². The van der Waals surface area contributed by atoms with Gasteiger partial charge in [-0.15, -0.1) is 0 Å². The lowest BCUT2D eigenvalue weighted by Gasteiger charge is -2.11. The lowest BCUT2D eigenvalue weighted by atomic mass is 10.1. The maximum Gasteiger partial charge on any atom is 0.0372 e. The highest BCUT2D eigenvalue weighted by Crippen LogP contribution is 2.18. The molecule has 1 heteroatoms. The molecule has 0 spiro atoms. The van der Waals surface area contributed by atoms with Crippen molar-refractivity contribution in [3.8, 4) is 0 Å². The fourth-order valence-electron chi connectivity index (χ4n) is 2.42. The minimum atomic E-state index is 1.11. The van der Waals surface area contributed by atoms with E-state index >= 15 is 0 Å². The number of aryl methyl sites for hydroxylation is 1. The second-order valence-corrected chi connectivity index (χ2v) is 5.65. The Labute approximate surface area is 119 Å². The number of anilines is 1. The third kappa shape index (κ3) is 6.66. The molecule has 0 unspecified atom stereocenters. The molecule has 0 saturated carbocycles. The summed E-state index contributed by atoms with van der Waals surface area (Å²) >= 11 is 0. The highest BCUT2D eigenvalue weighted by Gasteiger charge is 1.99. The van der Waals surface area contributed by atoms with Crippen molar-refractivity contribution in [1.29, 1.82) is 0 Å². The lowest BCUT2D eigenvalue weighted by Crippen LogP contribution is -2.03. The third-order valence-corrected chi connectivity index (χ3v) is 3.95. The molecule has 1 nitrogen and oxygen atoms in total. The summed E-state index contributed by atoms with van der Waals surface area (Å²) in [5.41, 5.74) is 4.07. The molecule has 1 aromatic rings. The van der Waals surface area contributed by atoms with Crippen molar-refractivity contribution in [1.82, 2.24) is 0 Å². The van der Waals surface area contributed by atoms with E-state index in [1.807, 2.05) is 0 Å². The van der Waals surface area contributed by atoms with Crippen molar-refractivity contribution < 1.29 is 0 Å². The number of benzene rings is 1. The van der Waals surface area contributed by atoms with Gasteiger partial charge >= 0.3 is 0 Å². The summed E-state index contributed by atoms with van der Waals surface area (Å²) < 4.78 is 0. The van der Waals surface area contributed by atoms with Crippen LogP contribution in [0.4, 0.5) is 5.69 Å². The Morgan fingerprint density at radius 2 is 1.47 bits per heavy atom. The minimum absolute atomic E-state index is 1.11. The van der Waals surface area contributed by atoms with Crippen molar-refractivity contribution in [2.24, 2.45) is 0 Å². The molecule has 1 aromatic carbocycles. The van der Waals surface area contributed by atoms with Crippen LogP contribution < -0.4 is 5.32 Å². The molecule has 0 amide bonds. The van der Waals surface area contributed by atoms with Crippen LogP contribution >= 0.6 is 0 Å². The van der Waals surface area contributed by atoms with Crippen molar-refractivity contribution in [2.45, 2.75) is 72.1 Å². The first kappa shape index (κ1) is 16.1. The summed E-state index contributed by atoms with van der Waals surface area (Å²) in [5.74, 6) is 0. The molecule has 108 valence electrons. The molecule has 0 aliphatic carbocycles. The van der Waals surface area contributed by atoms with Gasteiger partial charge in [-0.2, -0.15) is 0 Å². The van der Waals surface area contributed by atoms with Gasteiger partial charge in [0.25, 0.3) is 0 Å². The van der Waals surface area contributed by atoms with E-state index in [2.05, 4.69) is 44.3 Å². The molecule has 0 aliphatic rings. The van der Waals surface area contributed by atoms with E-state index in [-0.39, 0.29) is 0 Å². The molecule has 0 atom stereocenters. The van der Waals surface area contributed by atoms with Crippen LogP contribution in [0.15, 0.2) is 18.2 Å². The monoisotopic (exact) mass is 261 g/mol. The van der Waals surface area contributed by atoms with Gasteiger partial charge in [-0.05, 0) is 37.5 Å². The smallest absolute Gasteiger partial charge is 0.0372 e. The number of hydrogen-bond acceptors (Lipinski definition) is 1. The quantitative estimate of drug-likeness (QED) is 0.520. The van der Waals surface area contributed by atoms with Gasteiger partial charge in [-0.1, -0.05) is 64.0 Å². The van der Waals surface area contributed by atoms with E-state index < -0.39 is 0 Å². The van der Waals surface area contributed by atoms with E-state index in [9.17, 15) is 0 Å².